The van der Waals surface area contributed by atoms with E-state index in [1.54, 1.807) is 4.90 Å². The van der Waals surface area contributed by atoms with Crippen molar-refractivity contribution in [1.29, 1.82) is 0 Å². The van der Waals surface area contributed by atoms with Crippen LogP contribution in [0, 0.1) is 11.6 Å². The second kappa shape index (κ2) is 15.0. The van der Waals surface area contributed by atoms with Crippen molar-refractivity contribution in [2.45, 2.75) is 32.9 Å². The summed E-state index contributed by atoms with van der Waals surface area (Å²) >= 11 is 1.52. The Kier molecular flexibility index (Phi) is 10.2. The van der Waals surface area contributed by atoms with Crippen LogP contribution in [0.15, 0.2) is 72.7 Å². The second-order valence-corrected chi connectivity index (χ2v) is 14.4. The average Bonchev–Trinajstić information content (AvgIpc) is 3.88. The highest BCUT2D eigenvalue weighted by Gasteiger charge is 2.30. The van der Waals surface area contributed by atoms with Crippen LogP contribution >= 0.6 is 11.3 Å². The summed E-state index contributed by atoms with van der Waals surface area (Å²) in [7, 11) is 3.93. The number of ether oxygens (including phenoxy) is 3. The number of carbonyl (C=O) groups excluding carboxylic acids is 1. The lowest BCUT2D eigenvalue weighted by atomic mass is 9.99. The zero-order valence-electron chi connectivity index (χ0n) is 30.2. The van der Waals surface area contributed by atoms with Crippen molar-refractivity contribution in [2.75, 3.05) is 52.0 Å². The molecule has 2 aromatic carbocycles. The van der Waals surface area contributed by atoms with E-state index in [1.807, 2.05) is 79.3 Å². The molecule has 0 radical (unpaired) electrons. The zero-order chi connectivity index (χ0) is 37.4. The molecule has 7 rings (SSSR count). The van der Waals surface area contributed by atoms with Gasteiger partial charge >= 0.3 is 0 Å². The summed E-state index contributed by atoms with van der Waals surface area (Å²) in [5, 5.41) is 7.41. The Balaban J connectivity index is 1.04. The second-order valence-electron chi connectivity index (χ2n) is 13.5. The monoisotopic (exact) mass is 737 g/mol. The van der Waals surface area contributed by atoms with Crippen molar-refractivity contribution in [3.63, 3.8) is 0 Å². The van der Waals surface area contributed by atoms with Crippen LogP contribution in [-0.4, -0.2) is 72.6 Å². The van der Waals surface area contributed by atoms with Crippen molar-refractivity contribution < 1.29 is 27.8 Å². The molecule has 0 spiro atoms. The first-order valence-corrected chi connectivity index (χ1v) is 18.3. The van der Waals surface area contributed by atoms with Crippen LogP contribution in [0.3, 0.4) is 0 Å². The number of halogens is 2. The number of aromatic nitrogens is 3. The minimum Gasteiger partial charge on any atom is -0.488 e. The normalized spacial score (nSPS) is 14.9. The third-order valence-electron chi connectivity index (χ3n) is 9.53. The fourth-order valence-corrected chi connectivity index (χ4v) is 7.97. The van der Waals surface area contributed by atoms with Crippen LogP contribution in [0.5, 0.6) is 11.6 Å². The standard InChI is InChI=1S/C41H41F2N5O4S/c1-7-26-16-31(40-30-10-14-53-41(30)39-33(44-40)17-27-15-28(42)18-32(43)38(27)39)35(20-34(26)46(5)6)52-23-24(3)9-11-50-12-13-51-36-19-29-22-47(37(49)8-2)21-25(4)48(29)45-36/h7-10,14-16,18-20,25H,1-2,11-13,17,21-23H2,3-6H3/b24-9+. The summed E-state index contributed by atoms with van der Waals surface area (Å²) in [5.74, 6) is -0.120. The highest BCUT2D eigenvalue weighted by Crippen LogP contribution is 2.48. The first-order valence-electron chi connectivity index (χ1n) is 17.4. The molecule has 2 aliphatic rings. The van der Waals surface area contributed by atoms with Gasteiger partial charge in [0.15, 0.2) is 0 Å². The first kappa shape index (κ1) is 36.0. The Hall–Kier alpha value is -5.33. The van der Waals surface area contributed by atoms with Gasteiger partial charge in [-0.1, -0.05) is 25.3 Å². The molecule has 3 aromatic heterocycles. The Morgan fingerprint density at radius 1 is 1.11 bits per heavy atom. The quantitative estimate of drug-likeness (QED) is 0.0672. The van der Waals surface area contributed by atoms with E-state index in [-0.39, 0.29) is 11.9 Å². The summed E-state index contributed by atoms with van der Waals surface area (Å²) < 4.78 is 50.3. The molecule has 5 aromatic rings. The SMILES string of the molecule is C=CC(=O)N1Cc2cc(OCCOC/C=C(\C)COc3cc(N(C)C)c(C=C)cc3-c3nc4c(c5sccc35)-c3c(F)cc(F)cc3C4)nn2C(C)C1. The van der Waals surface area contributed by atoms with E-state index in [9.17, 15) is 9.18 Å². The molecule has 9 nitrogen and oxygen atoms in total. The lowest BCUT2D eigenvalue weighted by Gasteiger charge is -2.31. The van der Waals surface area contributed by atoms with Gasteiger partial charge in [-0.2, -0.15) is 0 Å². The molecule has 1 unspecified atom stereocenters. The summed E-state index contributed by atoms with van der Waals surface area (Å²) in [5.41, 5.74) is 7.72. The number of benzene rings is 2. The molecule has 1 atom stereocenters. The predicted molar refractivity (Wildman–Crippen MR) is 206 cm³/mol. The van der Waals surface area contributed by atoms with Gasteiger partial charge in [0, 0.05) is 77.7 Å². The number of pyridine rings is 1. The van der Waals surface area contributed by atoms with Gasteiger partial charge in [-0.15, -0.1) is 16.4 Å². The Morgan fingerprint density at radius 3 is 2.72 bits per heavy atom. The maximum atomic E-state index is 15.1. The molecule has 0 N–H and O–H groups in total. The van der Waals surface area contributed by atoms with Crippen molar-refractivity contribution in [1.82, 2.24) is 19.7 Å². The highest BCUT2D eigenvalue weighted by molar-refractivity contribution is 7.17. The van der Waals surface area contributed by atoms with Gasteiger partial charge in [-0.05, 0) is 60.2 Å². The van der Waals surface area contributed by atoms with Crippen molar-refractivity contribution >= 4 is 39.1 Å². The number of rotatable bonds is 13. The fourth-order valence-electron chi connectivity index (χ4n) is 7.00. The summed E-state index contributed by atoms with van der Waals surface area (Å²) in [4.78, 5) is 21.0. The predicted octanol–water partition coefficient (Wildman–Crippen LogP) is 8.23. The van der Waals surface area contributed by atoms with Crippen molar-refractivity contribution in [2.24, 2.45) is 0 Å². The van der Waals surface area contributed by atoms with Gasteiger partial charge in [0.1, 0.15) is 30.6 Å². The number of fused-ring (bicyclic) bond motifs is 6. The number of carbonyl (C=O) groups is 1. The highest BCUT2D eigenvalue weighted by atomic mass is 32.1. The summed E-state index contributed by atoms with van der Waals surface area (Å²) in [6, 6.07) is 10.3. The van der Waals surface area contributed by atoms with Gasteiger partial charge in [0.2, 0.25) is 11.8 Å². The van der Waals surface area contributed by atoms with Gasteiger partial charge in [0.05, 0.1) is 42.9 Å². The summed E-state index contributed by atoms with van der Waals surface area (Å²) in [6.07, 6.45) is 5.46. The molecule has 0 saturated heterocycles. The molecular weight excluding hydrogens is 697 g/mol. The van der Waals surface area contributed by atoms with E-state index in [4.69, 9.17) is 19.2 Å². The largest absolute Gasteiger partial charge is 0.488 e. The van der Waals surface area contributed by atoms with Gasteiger partial charge < -0.3 is 24.0 Å². The molecular formula is C41H41F2N5O4S. The lowest BCUT2D eigenvalue weighted by Crippen LogP contribution is -2.39. The minimum absolute atomic E-state index is 0.0364. The van der Waals surface area contributed by atoms with Crippen LogP contribution < -0.4 is 14.4 Å². The number of hydrogen-bond donors (Lipinski definition) is 0. The Bertz CT molecular complexity index is 2280. The average molecular weight is 738 g/mol. The van der Waals surface area contributed by atoms with Crippen molar-refractivity contribution in [3.05, 3.63) is 107 Å². The molecule has 0 fully saturated rings. The Labute approximate surface area is 311 Å². The van der Waals surface area contributed by atoms with Gasteiger partial charge in [-0.3, -0.25) is 14.5 Å². The maximum Gasteiger partial charge on any atom is 0.246 e. The minimum atomic E-state index is -0.594. The number of hydrogen-bond acceptors (Lipinski definition) is 8. The third kappa shape index (κ3) is 7.08. The van der Waals surface area contributed by atoms with Crippen LogP contribution in [0.2, 0.25) is 0 Å². The fraction of sp³-hybridized carbons (Fsp3) is 0.293. The molecule has 4 heterocycles. The molecule has 12 heteroatoms. The molecule has 274 valence electrons. The third-order valence-corrected chi connectivity index (χ3v) is 10.5. The molecule has 53 heavy (non-hydrogen) atoms. The Morgan fingerprint density at radius 2 is 1.94 bits per heavy atom. The summed E-state index contributed by atoms with van der Waals surface area (Å²) in [6.45, 7) is 14.1. The zero-order valence-corrected chi connectivity index (χ0v) is 31.1. The van der Waals surface area contributed by atoms with Gasteiger partial charge in [-0.25, -0.2) is 8.78 Å². The van der Waals surface area contributed by atoms with Crippen LogP contribution in [0.4, 0.5) is 14.5 Å². The van der Waals surface area contributed by atoms with E-state index in [0.29, 0.717) is 74.4 Å². The van der Waals surface area contributed by atoms with E-state index in [1.165, 1.54) is 23.5 Å². The van der Waals surface area contributed by atoms with Crippen LogP contribution in [0.25, 0.3) is 38.5 Å². The van der Waals surface area contributed by atoms with Crippen molar-refractivity contribution in [3.8, 4) is 34.0 Å². The number of anilines is 1. The number of nitrogens with zero attached hydrogens (tertiary/aromatic N) is 5. The molecule has 0 bridgehead atoms. The van der Waals surface area contributed by atoms with Gasteiger partial charge in [0.25, 0.3) is 0 Å². The molecule has 1 aliphatic carbocycles. The number of amides is 1. The maximum absolute atomic E-state index is 15.1. The van der Waals surface area contributed by atoms with E-state index in [0.717, 1.165) is 55.5 Å². The topological polar surface area (TPSA) is 81.9 Å². The number of thiophene rings is 1. The molecule has 1 amide bonds. The van der Waals surface area contributed by atoms with E-state index < -0.39 is 11.6 Å². The lowest BCUT2D eigenvalue weighted by molar-refractivity contribution is -0.127. The van der Waals surface area contributed by atoms with E-state index in [2.05, 4.69) is 18.3 Å². The first-order chi connectivity index (χ1) is 25.6. The molecule has 1 aliphatic heterocycles. The van der Waals surface area contributed by atoms with E-state index >= 15 is 4.39 Å². The smallest absolute Gasteiger partial charge is 0.246 e. The van der Waals surface area contributed by atoms with Crippen LogP contribution in [0.1, 0.15) is 42.4 Å². The molecule has 0 saturated carbocycles. The van der Waals surface area contributed by atoms with Crippen LogP contribution in [-0.2, 0) is 22.5 Å².